The number of fused-ring (bicyclic) bond motifs is 3. The van der Waals surface area contributed by atoms with Gasteiger partial charge in [-0.3, -0.25) is 0 Å². The largest absolute Gasteiger partial charge is 0.455 e. The summed E-state index contributed by atoms with van der Waals surface area (Å²) in [6, 6.07) is 21.9. The lowest BCUT2D eigenvalue weighted by atomic mass is 9.87. The first-order valence-corrected chi connectivity index (χ1v) is 11.9. The van der Waals surface area contributed by atoms with Gasteiger partial charge in [0, 0.05) is 38.1 Å². The second-order valence-electron chi connectivity index (χ2n) is 10.3. The summed E-state index contributed by atoms with van der Waals surface area (Å²) in [6.45, 7) is 17.6. The molecule has 0 unspecified atom stereocenters. The summed E-state index contributed by atoms with van der Waals surface area (Å²) < 4.78 is 26.6. The van der Waals surface area contributed by atoms with E-state index in [0.717, 1.165) is 55.6 Å². The Morgan fingerprint density at radius 1 is 0.943 bits per heavy atom. The van der Waals surface area contributed by atoms with E-state index in [0.29, 0.717) is 11.3 Å². The van der Waals surface area contributed by atoms with Crippen LogP contribution in [0.15, 0.2) is 71.1 Å². The maximum Gasteiger partial charge on any atom is 0.216 e. The molecule has 0 aliphatic carbocycles. The number of aryl methyl sites for hydroxylation is 2. The summed E-state index contributed by atoms with van der Waals surface area (Å²) >= 11 is 0. The van der Waals surface area contributed by atoms with Crippen molar-refractivity contribution < 1.29 is 11.7 Å². The first-order chi connectivity index (χ1) is 17.4. The molecule has 0 atom stereocenters. The molecule has 3 heteroatoms. The van der Waals surface area contributed by atoms with Crippen molar-refractivity contribution in [1.29, 1.82) is 0 Å². The molecule has 0 aliphatic heterocycles. The van der Waals surface area contributed by atoms with Crippen LogP contribution >= 0.6 is 0 Å². The van der Waals surface area contributed by atoms with Crippen LogP contribution in [0.4, 0.5) is 5.69 Å². The van der Waals surface area contributed by atoms with Gasteiger partial charge in [-0.2, -0.15) is 4.57 Å². The van der Waals surface area contributed by atoms with E-state index in [4.69, 9.17) is 13.7 Å². The summed E-state index contributed by atoms with van der Waals surface area (Å²) in [5.74, 6) is 0. The van der Waals surface area contributed by atoms with Crippen LogP contribution in [0, 0.1) is 25.8 Å². The molecule has 2 heterocycles. The molecular formula is C32H31N2O+. The molecule has 0 saturated heterocycles. The molecule has 3 nitrogen and oxygen atoms in total. The van der Waals surface area contributed by atoms with Gasteiger partial charge in [-0.25, -0.2) is 4.85 Å². The second kappa shape index (κ2) is 8.40. The fraction of sp³-hybridized carbons (Fsp3) is 0.250. The van der Waals surface area contributed by atoms with Gasteiger partial charge in [-0.05, 0) is 47.5 Å². The van der Waals surface area contributed by atoms with Crippen molar-refractivity contribution >= 4 is 27.6 Å². The third-order valence-corrected chi connectivity index (χ3v) is 6.47. The van der Waals surface area contributed by atoms with Crippen LogP contribution in [0.3, 0.4) is 0 Å². The number of furan rings is 1. The number of hydrogen-bond acceptors (Lipinski definition) is 1. The lowest BCUT2D eigenvalue weighted by molar-refractivity contribution is -0.666. The summed E-state index contributed by atoms with van der Waals surface area (Å²) in [5, 5.41) is 1.85. The van der Waals surface area contributed by atoms with Gasteiger partial charge in [-0.15, -0.1) is 0 Å². The summed E-state index contributed by atoms with van der Waals surface area (Å²) in [6.07, 6.45) is -1.53. The van der Waals surface area contributed by atoms with Gasteiger partial charge in [0.15, 0.2) is 11.4 Å². The minimum Gasteiger partial charge on any atom is -0.455 e. The van der Waals surface area contributed by atoms with Crippen LogP contribution in [0.5, 0.6) is 0 Å². The van der Waals surface area contributed by atoms with Crippen molar-refractivity contribution in [3.8, 4) is 22.4 Å². The van der Waals surface area contributed by atoms with Gasteiger partial charge >= 0.3 is 0 Å². The number of hydrogen-bond donors (Lipinski definition) is 0. The number of pyridine rings is 1. The predicted molar refractivity (Wildman–Crippen MR) is 145 cm³/mol. The molecule has 174 valence electrons. The van der Waals surface area contributed by atoms with E-state index in [-0.39, 0.29) is 0 Å². The molecule has 0 spiro atoms. The maximum atomic E-state index is 8.92. The first-order valence-electron chi connectivity index (χ1n) is 12.9. The lowest BCUT2D eigenvalue weighted by Gasteiger charge is -2.18. The van der Waals surface area contributed by atoms with E-state index in [9.17, 15) is 0 Å². The molecule has 0 saturated carbocycles. The van der Waals surface area contributed by atoms with Gasteiger partial charge in [0.1, 0.15) is 18.2 Å². The van der Waals surface area contributed by atoms with Crippen molar-refractivity contribution in [2.24, 2.45) is 12.5 Å². The molecule has 5 aromatic rings. The van der Waals surface area contributed by atoms with Crippen molar-refractivity contribution in [3.63, 3.8) is 0 Å². The Labute approximate surface area is 210 Å². The highest BCUT2D eigenvalue weighted by Gasteiger charge is 2.25. The Bertz CT molecular complexity index is 1720. The van der Waals surface area contributed by atoms with Gasteiger partial charge < -0.3 is 4.42 Å². The van der Waals surface area contributed by atoms with E-state index >= 15 is 0 Å². The molecule has 0 fully saturated rings. The number of rotatable bonds is 3. The van der Waals surface area contributed by atoms with E-state index in [1.807, 2.05) is 89.3 Å². The van der Waals surface area contributed by atoms with Crippen LogP contribution in [0.2, 0.25) is 0 Å². The molecule has 0 N–H and O–H groups in total. The van der Waals surface area contributed by atoms with Crippen molar-refractivity contribution in [2.75, 3.05) is 0 Å². The Balaban J connectivity index is 1.88. The zero-order chi connectivity index (χ0) is 26.7. The first kappa shape index (κ1) is 20.5. The zero-order valence-electron chi connectivity index (χ0n) is 23.2. The molecule has 3 aromatic carbocycles. The van der Waals surface area contributed by atoms with E-state index in [1.165, 1.54) is 0 Å². The van der Waals surface area contributed by atoms with Gasteiger partial charge in [-0.1, -0.05) is 63.2 Å². The Hall–Kier alpha value is -3.90. The quantitative estimate of drug-likeness (QED) is 0.195. The topological polar surface area (TPSA) is 21.4 Å². The van der Waals surface area contributed by atoms with Crippen LogP contribution in [0.1, 0.15) is 40.3 Å². The van der Waals surface area contributed by atoms with Gasteiger partial charge in [0.25, 0.3) is 0 Å². The summed E-state index contributed by atoms with van der Waals surface area (Å²) in [5.41, 5.74) is 7.88. The van der Waals surface area contributed by atoms with Crippen LogP contribution in [0.25, 0.3) is 49.2 Å². The Kier molecular flexibility index (Phi) is 4.91. The normalized spacial score (nSPS) is 13.1. The molecule has 35 heavy (non-hydrogen) atoms. The minimum atomic E-state index is -1.53. The van der Waals surface area contributed by atoms with Gasteiger partial charge in [0.2, 0.25) is 5.69 Å². The lowest BCUT2D eigenvalue weighted by Crippen LogP contribution is -2.35. The monoisotopic (exact) mass is 461 g/mol. The standard InChI is InChI=1S/C32H31N2O/c1-20-13-14-25-27-18-24(33-6)17-26(23-11-9-8-10-12-23)30(27)35-31(25)29(20)28-16-22(19-32(3,4)5)15-21(2)34(28)7/h8-18H,19H2,1-5,7H3/q+1/i19D2. The minimum absolute atomic E-state index is 0.568. The molecule has 0 aliphatic rings. The van der Waals surface area contributed by atoms with Crippen molar-refractivity contribution in [1.82, 2.24) is 0 Å². The van der Waals surface area contributed by atoms with E-state index in [2.05, 4.69) is 28.5 Å². The number of nitrogens with zero attached hydrogens (tertiary/aromatic N) is 2. The van der Waals surface area contributed by atoms with Crippen LogP contribution in [-0.2, 0) is 13.4 Å². The summed E-state index contributed by atoms with van der Waals surface area (Å²) in [7, 11) is 2.01. The smallest absolute Gasteiger partial charge is 0.216 e. The van der Waals surface area contributed by atoms with Crippen molar-refractivity contribution in [3.05, 3.63) is 95.0 Å². The number of aromatic nitrogens is 1. The average Bonchev–Trinajstić information content (AvgIpc) is 3.23. The maximum absolute atomic E-state index is 8.92. The highest BCUT2D eigenvalue weighted by Crippen LogP contribution is 2.42. The van der Waals surface area contributed by atoms with Gasteiger partial charge in [0.05, 0.1) is 12.1 Å². The zero-order valence-corrected chi connectivity index (χ0v) is 21.2. The van der Waals surface area contributed by atoms with Crippen LogP contribution < -0.4 is 4.57 Å². The Morgan fingerprint density at radius 3 is 2.37 bits per heavy atom. The summed E-state index contributed by atoms with van der Waals surface area (Å²) in [4.78, 5) is 3.74. The Morgan fingerprint density at radius 2 is 1.69 bits per heavy atom. The molecular weight excluding hydrogens is 428 g/mol. The highest BCUT2D eigenvalue weighted by atomic mass is 16.3. The number of benzene rings is 3. The SMILES string of the molecule is [2H]C([2H])(c1cc(C)[n+](C)c(-c2c(C)ccc3c2oc2c(-c4ccccc4)cc([N+]#[C-])cc23)c1)C(C)(C)C. The van der Waals surface area contributed by atoms with Crippen molar-refractivity contribution in [2.45, 2.75) is 41.0 Å². The fourth-order valence-corrected chi connectivity index (χ4v) is 4.78. The second-order valence-corrected chi connectivity index (χ2v) is 10.3. The third-order valence-electron chi connectivity index (χ3n) is 6.47. The molecule has 0 radical (unpaired) electrons. The molecule has 5 rings (SSSR count). The average molecular weight is 462 g/mol. The third kappa shape index (κ3) is 4.10. The highest BCUT2D eigenvalue weighted by molar-refractivity contribution is 6.14. The van der Waals surface area contributed by atoms with Crippen LogP contribution in [-0.4, -0.2) is 0 Å². The van der Waals surface area contributed by atoms with E-state index in [1.54, 1.807) is 0 Å². The molecule has 0 bridgehead atoms. The molecule has 2 aromatic heterocycles. The predicted octanol–water partition coefficient (Wildman–Crippen LogP) is 8.50. The fourth-order valence-electron chi connectivity index (χ4n) is 4.78. The molecule has 0 amide bonds. The van der Waals surface area contributed by atoms with E-state index < -0.39 is 11.8 Å².